The summed E-state index contributed by atoms with van der Waals surface area (Å²) < 4.78 is 4.75. The van der Waals surface area contributed by atoms with Gasteiger partial charge in [0.15, 0.2) is 0 Å². The third-order valence-corrected chi connectivity index (χ3v) is 2.58. The summed E-state index contributed by atoms with van der Waals surface area (Å²) in [5.41, 5.74) is 1.09. The van der Waals surface area contributed by atoms with Crippen molar-refractivity contribution in [3.05, 3.63) is 48.0 Å². The van der Waals surface area contributed by atoms with Crippen molar-refractivity contribution in [2.24, 2.45) is 0 Å². The summed E-state index contributed by atoms with van der Waals surface area (Å²) in [5.74, 6) is -0.0966. The number of benzene rings is 2. The molecule has 88 valence electrons. The minimum Gasteiger partial charge on any atom is -0.375 e. The Labute approximate surface area is 100 Å². The molecular weight excluding hydrogens is 214 g/mol. The zero-order valence-corrected chi connectivity index (χ0v) is 9.77. The summed E-state index contributed by atoms with van der Waals surface area (Å²) in [4.78, 5) is 11.2. The summed E-state index contributed by atoms with van der Waals surface area (Å²) in [6.45, 7) is 0.639. The van der Waals surface area contributed by atoms with E-state index in [0.29, 0.717) is 6.54 Å². The summed E-state index contributed by atoms with van der Waals surface area (Å²) in [6, 6.07) is 14.3. The number of fused-ring (bicyclic) bond motifs is 1. The highest BCUT2D eigenvalue weighted by Gasteiger charge is 2.00. The fourth-order valence-electron chi connectivity index (χ4n) is 1.73. The topological polar surface area (TPSA) is 38.3 Å². The average molecular weight is 229 g/mol. The molecule has 0 saturated carbocycles. The van der Waals surface area contributed by atoms with Gasteiger partial charge in [0.25, 0.3) is 0 Å². The molecule has 3 heteroatoms. The molecule has 0 unspecified atom stereocenters. The molecule has 2 rings (SSSR count). The second-order valence-corrected chi connectivity index (χ2v) is 3.89. The van der Waals surface area contributed by atoms with Gasteiger partial charge in [0.1, 0.15) is 6.61 Å². The van der Waals surface area contributed by atoms with Crippen LogP contribution in [-0.2, 0) is 16.1 Å². The highest BCUT2D eigenvalue weighted by Crippen LogP contribution is 2.15. The number of nitrogens with one attached hydrogen (secondary N) is 1. The van der Waals surface area contributed by atoms with Crippen molar-refractivity contribution < 1.29 is 9.53 Å². The molecule has 0 aromatic heterocycles. The standard InChI is InChI=1S/C14H15NO2/c1-17-10-14(16)15-9-11-6-7-12-4-2-3-5-13(12)8-11/h2-8H,9-10H2,1H3,(H,15,16). The van der Waals surface area contributed by atoms with Crippen LogP contribution >= 0.6 is 0 Å². The first-order valence-corrected chi connectivity index (χ1v) is 5.53. The first-order valence-electron chi connectivity index (χ1n) is 5.53. The number of rotatable bonds is 4. The van der Waals surface area contributed by atoms with Gasteiger partial charge in [0, 0.05) is 13.7 Å². The Bertz CT molecular complexity index is 522. The van der Waals surface area contributed by atoms with Gasteiger partial charge in [-0.15, -0.1) is 0 Å². The molecule has 1 N–H and O–H groups in total. The lowest BCUT2D eigenvalue weighted by Crippen LogP contribution is -2.26. The van der Waals surface area contributed by atoms with E-state index in [1.165, 1.54) is 17.9 Å². The molecule has 2 aromatic rings. The number of amides is 1. The monoisotopic (exact) mass is 229 g/mol. The second kappa shape index (κ2) is 5.46. The largest absolute Gasteiger partial charge is 0.375 e. The zero-order valence-electron chi connectivity index (χ0n) is 9.77. The van der Waals surface area contributed by atoms with Gasteiger partial charge in [-0.2, -0.15) is 0 Å². The van der Waals surface area contributed by atoms with Crippen molar-refractivity contribution in [2.75, 3.05) is 13.7 Å². The van der Waals surface area contributed by atoms with Gasteiger partial charge in [-0.3, -0.25) is 4.79 Å². The van der Waals surface area contributed by atoms with Gasteiger partial charge in [0.2, 0.25) is 5.91 Å². The minimum absolute atomic E-state index is 0.0966. The Morgan fingerprint density at radius 3 is 2.71 bits per heavy atom. The summed E-state index contributed by atoms with van der Waals surface area (Å²) in [7, 11) is 1.51. The molecule has 0 aliphatic heterocycles. The van der Waals surface area contributed by atoms with Gasteiger partial charge in [-0.25, -0.2) is 0 Å². The molecule has 2 aromatic carbocycles. The third kappa shape index (κ3) is 3.04. The molecule has 0 saturated heterocycles. The van der Waals surface area contributed by atoms with Gasteiger partial charge < -0.3 is 10.1 Å². The number of methoxy groups -OCH3 is 1. The smallest absolute Gasteiger partial charge is 0.246 e. The fourth-order valence-corrected chi connectivity index (χ4v) is 1.73. The SMILES string of the molecule is COCC(=O)NCc1ccc2ccccc2c1. The highest BCUT2D eigenvalue weighted by molar-refractivity contribution is 5.83. The fraction of sp³-hybridized carbons (Fsp3) is 0.214. The van der Waals surface area contributed by atoms with Crippen LogP contribution in [0.2, 0.25) is 0 Å². The molecular formula is C14H15NO2. The minimum atomic E-state index is -0.0966. The van der Waals surface area contributed by atoms with E-state index >= 15 is 0 Å². The molecule has 3 nitrogen and oxygen atoms in total. The van der Waals surface area contributed by atoms with Gasteiger partial charge in [0.05, 0.1) is 0 Å². The molecule has 0 aliphatic rings. The number of carbonyl (C=O) groups excluding carboxylic acids is 1. The average Bonchev–Trinajstić information content (AvgIpc) is 2.36. The van der Waals surface area contributed by atoms with Crippen molar-refractivity contribution in [3.8, 4) is 0 Å². The van der Waals surface area contributed by atoms with Crippen molar-refractivity contribution in [3.63, 3.8) is 0 Å². The van der Waals surface area contributed by atoms with E-state index in [-0.39, 0.29) is 12.5 Å². The number of hydrogen-bond donors (Lipinski definition) is 1. The second-order valence-electron chi connectivity index (χ2n) is 3.89. The first kappa shape index (κ1) is 11.6. The number of hydrogen-bond acceptors (Lipinski definition) is 2. The molecule has 0 fully saturated rings. The van der Waals surface area contributed by atoms with Crippen molar-refractivity contribution in [1.82, 2.24) is 5.32 Å². The Morgan fingerprint density at radius 2 is 1.94 bits per heavy atom. The van der Waals surface area contributed by atoms with E-state index in [1.807, 2.05) is 18.2 Å². The number of ether oxygens (including phenoxy) is 1. The molecule has 17 heavy (non-hydrogen) atoms. The van der Waals surface area contributed by atoms with Crippen molar-refractivity contribution in [1.29, 1.82) is 0 Å². The molecule has 1 amide bonds. The zero-order chi connectivity index (χ0) is 12.1. The first-order chi connectivity index (χ1) is 8.29. The number of carbonyl (C=O) groups is 1. The Kier molecular flexibility index (Phi) is 3.73. The summed E-state index contributed by atoms with van der Waals surface area (Å²) in [5, 5.41) is 5.19. The van der Waals surface area contributed by atoms with Crippen LogP contribution in [0, 0.1) is 0 Å². The molecule has 0 spiro atoms. The van der Waals surface area contributed by atoms with E-state index in [4.69, 9.17) is 4.74 Å². The van der Waals surface area contributed by atoms with Crippen LogP contribution in [-0.4, -0.2) is 19.6 Å². The normalized spacial score (nSPS) is 10.4. The van der Waals surface area contributed by atoms with Crippen molar-refractivity contribution >= 4 is 16.7 Å². The Balaban J connectivity index is 2.06. The molecule has 0 bridgehead atoms. The van der Waals surface area contributed by atoms with Crippen molar-refractivity contribution in [2.45, 2.75) is 6.54 Å². The van der Waals surface area contributed by atoms with Gasteiger partial charge in [-0.1, -0.05) is 36.4 Å². The van der Waals surface area contributed by atoms with Crippen LogP contribution in [0.5, 0.6) is 0 Å². The molecule has 0 atom stereocenters. The molecule has 0 radical (unpaired) electrons. The molecule has 0 aliphatic carbocycles. The predicted molar refractivity (Wildman–Crippen MR) is 67.7 cm³/mol. The van der Waals surface area contributed by atoms with Gasteiger partial charge >= 0.3 is 0 Å². The molecule has 0 heterocycles. The van der Waals surface area contributed by atoms with Crippen LogP contribution in [0.1, 0.15) is 5.56 Å². The van der Waals surface area contributed by atoms with E-state index in [9.17, 15) is 4.79 Å². The van der Waals surface area contributed by atoms with Crippen LogP contribution < -0.4 is 5.32 Å². The lowest BCUT2D eigenvalue weighted by atomic mass is 10.1. The van der Waals surface area contributed by atoms with Gasteiger partial charge in [-0.05, 0) is 22.4 Å². The van der Waals surface area contributed by atoms with E-state index in [1.54, 1.807) is 0 Å². The van der Waals surface area contributed by atoms with E-state index < -0.39 is 0 Å². The highest BCUT2D eigenvalue weighted by atomic mass is 16.5. The van der Waals surface area contributed by atoms with Crippen LogP contribution in [0.3, 0.4) is 0 Å². The third-order valence-electron chi connectivity index (χ3n) is 2.58. The van der Waals surface area contributed by atoms with Crippen LogP contribution in [0.25, 0.3) is 10.8 Å². The lowest BCUT2D eigenvalue weighted by molar-refractivity contribution is -0.124. The quantitative estimate of drug-likeness (QED) is 0.872. The maximum Gasteiger partial charge on any atom is 0.246 e. The summed E-state index contributed by atoms with van der Waals surface area (Å²) in [6.07, 6.45) is 0. The van der Waals surface area contributed by atoms with E-state index in [0.717, 1.165) is 5.56 Å². The van der Waals surface area contributed by atoms with E-state index in [2.05, 4.69) is 29.6 Å². The Morgan fingerprint density at radius 1 is 1.18 bits per heavy atom. The summed E-state index contributed by atoms with van der Waals surface area (Å²) >= 11 is 0. The maximum atomic E-state index is 11.2. The maximum absolute atomic E-state index is 11.2. The van der Waals surface area contributed by atoms with Crippen LogP contribution in [0.4, 0.5) is 0 Å². The van der Waals surface area contributed by atoms with Crippen LogP contribution in [0.15, 0.2) is 42.5 Å². The lowest BCUT2D eigenvalue weighted by Gasteiger charge is -2.06. The predicted octanol–water partition coefficient (Wildman–Crippen LogP) is 2.10. The Hall–Kier alpha value is -1.87.